The fourth-order valence-electron chi connectivity index (χ4n) is 5.35. The van der Waals surface area contributed by atoms with Gasteiger partial charge in [0.1, 0.15) is 0 Å². The summed E-state index contributed by atoms with van der Waals surface area (Å²) in [6, 6.07) is 2.42. The molecule has 1 aromatic rings. The number of nitrogens with zero attached hydrogens (tertiary/aromatic N) is 2. The largest absolute Gasteiger partial charge is 0.401 e. The lowest BCUT2D eigenvalue weighted by atomic mass is 9.78. The van der Waals surface area contributed by atoms with Crippen LogP contribution < -0.4 is 0 Å². The molecule has 156 valence electrons. The van der Waals surface area contributed by atoms with E-state index in [9.17, 15) is 18.0 Å². The second-order valence-corrected chi connectivity index (χ2v) is 9.60. The van der Waals surface area contributed by atoms with Gasteiger partial charge in [-0.3, -0.25) is 9.69 Å². The number of likely N-dealkylation sites (tertiary alicyclic amines) is 2. The summed E-state index contributed by atoms with van der Waals surface area (Å²) in [6.45, 7) is 0.995. The molecule has 28 heavy (non-hydrogen) atoms. The van der Waals surface area contributed by atoms with E-state index in [-0.39, 0.29) is 11.8 Å². The van der Waals surface area contributed by atoms with E-state index in [2.05, 4.69) is 4.90 Å². The van der Waals surface area contributed by atoms with Crippen molar-refractivity contribution < 1.29 is 18.0 Å². The molecule has 1 amide bonds. The molecule has 0 unspecified atom stereocenters. The standard InChI is InChI=1S/C21H29F3N2OS/c22-21(23,24)14-25-10-7-16(8-11-25)19-12-17(13-28-19)20(27)26-9-3-5-15-4-1-2-6-18(15)26/h12-13,15-16,18H,1-11,14H2/t15-,18-/m0/s1. The van der Waals surface area contributed by atoms with Gasteiger partial charge in [-0.15, -0.1) is 11.3 Å². The first-order valence-electron chi connectivity index (χ1n) is 10.6. The van der Waals surface area contributed by atoms with Gasteiger partial charge in [-0.05, 0) is 69.5 Å². The van der Waals surface area contributed by atoms with Crippen LogP contribution in [0.25, 0.3) is 0 Å². The summed E-state index contributed by atoms with van der Waals surface area (Å²) in [7, 11) is 0. The van der Waals surface area contributed by atoms with Gasteiger partial charge in [0.05, 0.1) is 12.1 Å². The molecule has 0 spiro atoms. The van der Waals surface area contributed by atoms with E-state index in [0.717, 1.165) is 42.7 Å². The Balaban J connectivity index is 1.37. The van der Waals surface area contributed by atoms with Crippen LogP contribution in [0, 0.1) is 5.92 Å². The predicted octanol–water partition coefficient (Wildman–Crippen LogP) is 5.28. The van der Waals surface area contributed by atoms with E-state index in [1.807, 2.05) is 11.4 Å². The highest BCUT2D eigenvalue weighted by Gasteiger charge is 2.37. The Kier molecular flexibility index (Phi) is 6.02. The summed E-state index contributed by atoms with van der Waals surface area (Å²) < 4.78 is 37.7. The number of halogens is 3. The predicted molar refractivity (Wildman–Crippen MR) is 105 cm³/mol. The maximum Gasteiger partial charge on any atom is 0.401 e. The summed E-state index contributed by atoms with van der Waals surface area (Å²) >= 11 is 1.60. The molecular weight excluding hydrogens is 385 g/mol. The molecule has 1 aliphatic carbocycles. The third-order valence-corrected chi connectivity index (χ3v) is 7.86. The molecular formula is C21H29F3N2OS. The van der Waals surface area contributed by atoms with Crippen LogP contribution in [-0.2, 0) is 0 Å². The Morgan fingerprint density at radius 3 is 2.50 bits per heavy atom. The first-order valence-corrected chi connectivity index (χ1v) is 11.5. The van der Waals surface area contributed by atoms with Crippen LogP contribution in [0.5, 0.6) is 0 Å². The molecule has 3 heterocycles. The minimum atomic E-state index is -4.12. The SMILES string of the molecule is O=C(c1csc(C2CCN(CC(F)(F)F)CC2)c1)N1CCC[C@@H]2CCCC[C@@H]21. The van der Waals surface area contributed by atoms with Gasteiger partial charge in [0.15, 0.2) is 0 Å². The number of hydrogen-bond acceptors (Lipinski definition) is 3. The number of rotatable bonds is 3. The van der Waals surface area contributed by atoms with Crippen molar-refractivity contribution in [1.29, 1.82) is 0 Å². The Morgan fingerprint density at radius 2 is 1.75 bits per heavy atom. The van der Waals surface area contributed by atoms with Gasteiger partial charge in [-0.2, -0.15) is 13.2 Å². The molecule has 2 saturated heterocycles. The highest BCUT2D eigenvalue weighted by Crippen LogP contribution is 2.37. The molecule has 4 rings (SSSR count). The van der Waals surface area contributed by atoms with Gasteiger partial charge in [-0.1, -0.05) is 12.8 Å². The van der Waals surface area contributed by atoms with Crippen LogP contribution in [0.1, 0.15) is 72.5 Å². The number of carbonyl (C=O) groups is 1. The van der Waals surface area contributed by atoms with Crippen molar-refractivity contribution in [3.8, 4) is 0 Å². The van der Waals surface area contributed by atoms with E-state index >= 15 is 0 Å². The molecule has 3 nitrogen and oxygen atoms in total. The van der Waals surface area contributed by atoms with Crippen molar-refractivity contribution in [2.24, 2.45) is 5.92 Å². The van der Waals surface area contributed by atoms with E-state index in [1.165, 1.54) is 30.6 Å². The summed E-state index contributed by atoms with van der Waals surface area (Å²) in [5.41, 5.74) is 0.781. The lowest BCUT2D eigenvalue weighted by molar-refractivity contribution is -0.147. The highest BCUT2D eigenvalue weighted by molar-refractivity contribution is 7.10. The average molecular weight is 415 g/mol. The maximum atomic E-state index is 13.2. The lowest BCUT2D eigenvalue weighted by Crippen LogP contribution is -2.49. The van der Waals surface area contributed by atoms with Crippen molar-refractivity contribution >= 4 is 17.2 Å². The number of carbonyl (C=O) groups excluding carboxylic acids is 1. The Hall–Kier alpha value is -1.08. The maximum absolute atomic E-state index is 13.2. The van der Waals surface area contributed by atoms with Crippen LogP contribution in [0.15, 0.2) is 11.4 Å². The fraction of sp³-hybridized carbons (Fsp3) is 0.762. The minimum absolute atomic E-state index is 0.161. The monoisotopic (exact) mass is 414 g/mol. The lowest BCUT2D eigenvalue weighted by Gasteiger charge is -2.44. The van der Waals surface area contributed by atoms with E-state index in [0.29, 0.717) is 25.0 Å². The number of alkyl halides is 3. The molecule has 2 aliphatic heterocycles. The third kappa shape index (κ3) is 4.56. The molecule has 2 atom stereocenters. The summed E-state index contributed by atoms with van der Waals surface area (Å²) in [4.78, 5) is 17.9. The smallest absolute Gasteiger partial charge is 0.335 e. The zero-order chi connectivity index (χ0) is 19.7. The van der Waals surface area contributed by atoms with Gasteiger partial charge in [-0.25, -0.2) is 0 Å². The zero-order valence-electron chi connectivity index (χ0n) is 16.2. The van der Waals surface area contributed by atoms with Crippen LogP contribution in [0.3, 0.4) is 0 Å². The first kappa shape index (κ1) is 20.2. The molecule has 0 aromatic carbocycles. The number of thiophene rings is 1. The van der Waals surface area contributed by atoms with Crippen molar-refractivity contribution in [3.63, 3.8) is 0 Å². The first-order chi connectivity index (χ1) is 13.4. The Morgan fingerprint density at radius 1 is 1.04 bits per heavy atom. The van der Waals surface area contributed by atoms with Crippen molar-refractivity contribution in [2.75, 3.05) is 26.2 Å². The van der Waals surface area contributed by atoms with Crippen molar-refractivity contribution in [3.05, 3.63) is 21.9 Å². The minimum Gasteiger partial charge on any atom is -0.335 e. The van der Waals surface area contributed by atoms with Gasteiger partial charge in [0.2, 0.25) is 0 Å². The fourth-order valence-corrected chi connectivity index (χ4v) is 6.41. The van der Waals surface area contributed by atoms with Crippen LogP contribution in [0.4, 0.5) is 13.2 Å². The van der Waals surface area contributed by atoms with E-state index < -0.39 is 12.7 Å². The second-order valence-electron chi connectivity index (χ2n) is 8.66. The van der Waals surface area contributed by atoms with Crippen LogP contribution >= 0.6 is 11.3 Å². The molecule has 3 fully saturated rings. The van der Waals surface area contributed by atoms with Gasteiger partial charge in [0.25, 0.3) is 5.91 Å². The number of hydrogen-bond donors (Lipinski definition) is 0. The summed E-state index contributed by atoms with van der Waals surface area (Å²) in [5.74, 6) is 1.11. The van der Waals surface area contributed by atoms with Crippen molar-refractivity contribution in [1.82, 2.24) is 9.80 Å². The molecule has 7 heteroatoms. The van der Waals surface area contributed by atoms with E-state index in [4.69, 9.17) is 0 Å². The van der Waals surface area contributed by atoms with Crippen molar-refractivity contribution in [2.45, 2.75) is 69.5 Å². The summed E-state index contributed by atoms with van der Waals surface area (Å²) in [5, 5.41) is 1.96. The quantitative estimate of drug-likeness (QED) is 0.671. The Labute approximate surface area is 168 Å². The molecule has 1 saturated carbocycles. The number of piperidine rings is 2. The zero-order valence-corrected chi connectivity index (χ0v) is 17.0. The highest BCUT2D eigenvalue weighted by atomic mass is 32.1. The second kappa shape index (κ2) is 8.34. The number of fused-ring (bicyclic) bond motifs is 1. The average Bonchev–Trinajstić information content (AvgIpc) is 3.16. The molecule has 3 aliphatic rings. The van der Waals surface area contributed by atoms with Crippen LogP contribution in [0.2, 0.25) is 0 Å². The number of amides is 1. The summed E-state index contributed by atoms with van der Waals surface area (Å²) in [6.07, 6.45) is 4.58. The third-order valence-electron chi connectivity index (χ3n) is 6.76. The molecule has 1 aromatic heterocycles. The molecule has 0 radical (unpaired) electrons. The Bertz CT molecular complexity index is 679. The topological polar surface area (TPSA) is 23.6 Å². The van der Waals surface area contributed by atoms with Gasteiger partial charge >= 0.3 is 6.18 Å². The normalized spacial score (nSPS) is 27.6. The van der Waals surface area contributed by atoms with Crippen LogP contribution in [-0.4, -0.2) is 54.1 Å². The van der Waals surface area contributed by atoms with Gasteiger partial charge in [0, 0.05) is 22.8 Å². The van der Waals surface area contributed by atoms with Gasteiger partial charge < -0.3 is 4.90 Å². The van der Waals surface area contributed by atoms with E-state index in [1.54, 1.807) is 11.3 Å². The molecule has 0 N–H and O–H groups in total. The molecule has 0 bridgehead atoms.